The molecule has 24 heavy (non-hydrogen) atoms. The summed E-state index contributed by atoms with van der Waals surface area (Å²) in [6, 6.07) is 18.3. The molecule has 4 nitrogen and oxygen atoms in total. The van der Waals surface area contributed by atoms with Gasteiger partial charge in [-0.3, -0.25) is 0 Å². The minimum atomic E-state index is 0.665. The lowest BCUT2D eigenvalue weighted by atomic mass is 10.1. The summed E-state index contributed by atoms with van der Waals surface area (Å²) in [6.45, 7) is 4.27. The van der Waals surface area contributed by atoms with Gasteiger partial charge in [0.15, 0.2) is 0 Å². The highest BCUT2D eigenvalue weighted by Crippen LogP contribution is 2.26. The number of nitrogens with one attached hydrogen (secondary N) is 1. The fourth-order valence-corrected chi connectivity index (χ4v) is 2.68. The zero-order chi connectivity index (χ0) is 16.9. The molecule has 0 aliphatic carbocycles. The molecule has 0 aliphatic heterocycles. The van der Waals surface area contributed by atoms with Crippen LogP contribution in [0, 0.1) is 6.92 Å². The van der Waals surface area contributed by atoms with E-state index < -0.39 is 0 Å². The minimum absolute atomic E-state index is 0.665. The van der Waals surface area contributed by atoms with Crippen molar-refractivity contribution < 1.29 is 0 Å². The Hall–Kier alpha value is -2.88. The number of aromatic nitrogens is 2. The van der Waals surface area contributed by atoms with E-state index in [4.69, 9.17) is 0 Å². The lowest BCUT2D eigenvalue weighted by Crippen LogP contribution is -2.13. The van der Waals surface area contributed by atoms with Crippen molar-refractivity contribution in [3.63, 3.8) is 0 Å². The third-order valence-electron chi connectivity index (χ3n) is 4.08. The van der Waals surface area contributed by atoms with Crippen LogP contribution in [-0.2, 0) is 6.42 Å². The van der Waals surface area contributed by atoms with E-state index in [-0.39, 0.29) is 0 Å². The standard InChI is InChI=1S/C20H22N4/c1-4-16-10-8-9-15(2)19(16)22-18-13-14-21-20(23-18)24(3)17-11-6-5-7-12-17/h5-14H,4H2,1-3H3,(H,21,22,23). The summed E-state index contributed by atoms with van der Waals surface area (Å²) in [5.41, 5.74) is 4.68. The molecule has 0 unspecified atom stereocenters. The van der Waals surface area contributed by atoms with Gasteiger partial charge in [-0.25, -0.2) is 4.98 Å². The van der Waals surface area contributed by atoms with Crippen LogP contribution in [0.15, 0.2) is 60.8 Å². The molecule has 0 radical (unpaired) electrons. The molecule has 0 amide bonds. The summed E-state index contributed by atoms with van der Waals surface area (Å²) in [7, 11) is 1.97. The Morgan fingerprint density at radius 3 is 2.54 bits per heavy atom. The topological polar surface area (TPSA) is 41.1 Å². The normalized spacial score (nSPS) is 10.5. The number of anilines is 4. The van der Waals surface area contributed by atoms with Crippen molar-refractivity contribution in [1.29, 1.82) is 0 Å². The van der Waals surface area contributed by atoms with Gasteiger partial charge in [0.1, 0.15) is 5.82 Å². The van der Waals surface area contributed by atoms with E-state index in [1.54, 1.807) is 6.20 Å². The lowest BCUT2D eigenvalue weighted by Gasteiger charge is -2.18. The predicted molar refractivity (Wildman–Crippen MR) is 100 cm³/mol. The molecule has 1 aromatic heterocycles. The molecule has 0 saturated carbocycles. The van der Waals surface area contributed by atoms with E-state index in [0.717, 1.165) is 23.6 Å². The number of benzene rings is 2. The highest BCUT2D eigenvalue weighted by atomic mass is 15.2. The van der Waals surface area contributed by atoms with Gasteiger partial charge in [-0.05, 0) is 42.7 Å². The number of hydrogen-bond donors (Lipinski definition) is 1. The average Bonchev–Trinajstić information content (AvgIpc) is 2.64. The van der Waals surface area contributed by atoms with E-state index in [9.17, 15) is 0 Å². The van der Waals surface area contributed by atoms with Crippen LogP contribution in [-0.4, -0.2) is 17.0 Å². The van der Waals surface area contributed by atoms with Crippen molar-refractivity contribution in [3.05, 3.63) is 71.9 Å². The first-order valence-corrected chi connectivity index (χ1v) is 8.16. The second kappa shape index (κ2) is 7.13. The predicted octanol–water partition coefficient (Wildman–Crippen LogP) is 4.86. The van der Waals surface area contributed by atoms with Gasteiger partial charge in [0, 0.05) is 24.6 Å². The fourth-order valence-electron chi connectivity index (χ4n) is 2.68. The Morgan fingerprint density at radius 1 is 1.00 bits per heavy atom. The summed E-state index contributed by atoms with van der Waals surface area (Å²) in [6.07, 6.45) is 2.76. The first-order valence-electron chi connectivity index (χ1n) is 8.16. The fraction of sp³-hybridized carbons (Fsp3) is 0.200. The molecule has 122 valence electrons. The van der Waals surface area contributed by atoms with E-state index in [2.05, 4.69) is 47.3 Å². The van der Waals surface area contributed by atoms with Crippen LogP contribution in [0.4, 0.5) is 23.1 Å². The zero-order valence-corrected chi connectivity index (χ0v) is 14.3. The van der Waals surface area contributed by atoms with Crippen LogP contribution >= 0.6 is 0 Å². The van der Waals surface area contributed by atoms with E-state index in [1.807, 2.05) is 48.3 Å². The van der Waals surface area contributed by atoms with E-state index >= 15 is 0 Å². The number of para-hydroxylation sites is 2. The quantitative estimate of drug-likeness (QED) is 0.729. The summed E-state index contributed by atoms with van der Waals surface area (Å²) in [5.74, 6) is 1.46. The molecule has 0 saturated heterocycles. The van der Waals surface area contributed by atoms with Gasteiger partial charge in [-0.15, -0.1) is 0 Å². The van der Waals surface area contributed by atoms with Crippen molar-refractivity contribution in [2.24, 2.45) is 0 Å². The SMILES string of the molecule is CCc1cccc(C)c1Nc1ccnc(N(C)c2ccccc2)n1. The van der Waals surface area contributed by atoms with Gasteiger partial charge in [-0.1, -0.05) is 43.3 Å². The first-order chi connectivity index (χ1) is 11.7. The van der Waals surface area contributed by atoms with Crippen LogP contribution in [0.2, 0.25) is 0 Å². The van der Waals surface area contributed by atoms with Crippen LogP contribution in [0.25, 0.3) is 0 Å². The number of aryl methyl sites for hydroxylation is 2. The van der Waals surface area contributed by atoms with Gasteiger partial charge in [0.2, 0.25) is 5.95 Å². The van der Waals surface area contributed by atoms with Gasteiger partial charge in [0.05, 0.1) is 0 Å². The Morgan fingerprint density at radius 2 is 1.79 bits per heavy atom. The van der Waals surface area contributed by atoms with Crippen LogP contribution in [0.5, 0.6) is 0 Å². The van der Waals surface area contributed by atoms with E-state index in [1.165, 1.54) is 11.1 Å². The second-order valence-electron chi connectivity index (χ2n) is 5.72. The number of rotatable bonds is 5. The average molecular weight is 318 g/mol. The Kier molecular flexibility index (Phi) is 4.75. The van der Waals surface area contributed by atoms with Crippen LogP contribution in [0.3, 0.4) is 0 Å². The molecule has 4 heteroatoms. The molecule has 1 heterocycles. The Bertz CT molecular complexity index is 815. The molecule has 0 aliphatic rings. The molecular formula is C20H22N4. The molecule has 2 aromatic carbocycles. The van der Waals surface area contributed by atoms with Gasteiger partial charge >= 0.3 is 0 Å². The maximum Gasteiger partial charge on any atom is 0.231 e. The van der Waals surface area contributed by atoms with Crippen molar-refractivity contribution in [2.75, 3.05) is 17.3 Å². The first kappa shape index (κ1) is 16.0. The molecule has 3 rings (SSSR count). The maximum atomic E-state index is 4.66. The molecular weight excluding hydrogens is 296 g/mol. The van der Waals surface area contributed by atoms with Gasteiger partial charge in [-0.2, -0.15) is 4.98 Å². The summed E-state index contributed by atoms with van der Waals surface area (Å²) in [4.78, 5) is 11.0. The molecule has 0 spiro atoms. The summed E-state index contributed by atoms with van der Waals surface area (Å²) in [5, 5.41) is 3.46. The van der Waals surface area contributed by atoms with Crippen molar-refractivity contribution >= 4 is 23.1 Å². The largest absolute Gasteiger partial charge is 0.340 e. The number of nitrogens with zero attached hydrogens (tertiary/aromatic N) is 3. The smallest absolute Gasteiger partial charge is 0.231 e. The third-order valence-corrected chi connectivity index (χ3v) is 4.08. The van der Waals surface area contributed by atoms with Crippen LogP contribution < -0.4 is 10.2 Å². The lowest BCUT2D eigenvalue weighted by molar-refractivity contribution is 1.04. The summed E-state index contributed by atoms with van der Waals surface area (Å²) < 4.78 is 0. The second-order valence-corrected chi connectivity index (χ2v) is 5.72. The van der Waals surface area contributed by atoms with Gasteiger partial charge in [0.25, 0.3) is 0 Å². The van der Waals surface area contributed by atoms with Crippen molar-refractivity contribution in [1.82, 2.24) is 9.97 Å². The molecule has 0 bridgehead atoms. The maximum absolute atomic E-state index is 4.66. The van der Waals surface area contributed by atoms with Crippen molar-refractivity contribution in [2.45, 2.75) is 20.3 Å². The molecule has 1 N–H and O–H groups in total. The summed E-state index contributed by atoms with van der Waals surface area (Å²) >= 11 is 0. The monoisotopic (exact) mass is 318 g/mol. The van der Waals surface area contributed by atoms with Crippen molar-refractivity contribution in [3.8, 4) is 0 Å². The minimum Gasteiger partial charge on any atom is -0.340 e. The number of hydrogen-bond acceptors (Lipinski definition) is 4. The van der Waals surface area contributed by atoms with Crippen LogP contribution in [0.1, 0.15) is 18.1 Å². The highest BCUT2D eigenvalue weighted by molar-refractivity contribution is 5.66. The molecule has 0 fully saturated rings. The zero-order valence-electron chi connectivity index (χ0n) is 14.3. The van der Waals surface area contributed by atoms with Gasteiger partial charge < -0.3 is 10.2 Å². The molecule has 0 atom stereocenters. The Labute approximate surface area is 143 Å². The third kappa shape index (κ3) is 3.38. The highest BCUT2D eigenvalue weighted by Gasteiger charge is 2.09. The van der Waals surface area contributed by atoms with E-state index in [0.29, 0.717) is 5.95 Å². The Balaban J connectivity index is 1.89. The molecule has 3 aromatic rings.